The van der Waals surface area contributed by atoms with Crippen molar-refractivity contribution in [1.82, 2.24) is 9.78 Å². The van der Waals surface area contributed by atoms with Gasteiger partial charge in [-0.05, 0) is 25.5 Å². The summed E-state index contributed by atoms with van der Waals surface area (Å²) in [6, 6.07) is 4.92. The molecule has 1 unspecified atom stereocenters. The van der Waals surface area contributed by atoms with Crippen molar-refractivity contribution in [3.8, 4) is 0 Å². The molecule has 1 aliphatic rings. The Morgan fingerprint density at radius 1 is 1.46 bits per heavy atom. The van der Waals surface area contributed by atoms with Crippen molar-refractivity contribution in [1.29, 1.82) is 0 Å². The topological polar surface area (TPSA) is 93.3 Å². The molecule has 1 N–H and O–H groups in total. The molecular weight excluding hydrogens is 317 g/mol. The van der Waals surface area contributed by atoms with E-state index in [0.29, 0.717) is 18.8 Å². The molecule has 2 heterocycles. The van der Waals surface area contributed by atoms with Crippen LogP contribution >= 0.6 is 0 Å². The van der Waals surface area contributed by atoms with Crippen LogP contribution in [0.5, 0.6) is 0 Å². The van der Waals surface area contributed by atoms with Gasteiger partial charge in [0.25, 0.3) is 5.91 Å². The van der Waals surface area contributed by atoms with Crippen LogP contribution in [0.1, 0.15) is 12.1 Å². The number of amides is 1. The highest BCUT2D eigenvalue weighted by molar-refractivity contribution is 6.00. The minimum atomic E-state index is -0.936. The molecule has 3 rings (SSSR count). The van der Waals surface area contributed by atoms with Gasteiger partial charge >= 0.3 is 5.69 Å². The Balaban J connectivity index is 1.84. The van der Waals surface area contributed by atoms with Crippen LogP contribution in [0.3, 0.4) is 0 Å². The highest BCUT2D eigenvalue weighted by atomic mass is 19.1. The zero-order chi connectivity index (χ0) is 17.4. The van der Waals surface area contributed by atoms with Gasteiger partial charge in [-0.3, -0.25) is 24.5 Å². The number of nitro groups is 1. The SMILES string of the molecule is Cc1cc(N2CCC(Nc3cccc(F)c3[N+](=O)[O-])C2=O)n(C)n1. The molecule has 0 aliphatic carbocycles. The van der Waals surface area contributed by atoms with Gasteiger partial charge in [-0.25, -0.2) is 0 Å². The Morgan fingerprint density at radius 3 is 2.83 bits per heavy atom. The van der Waals surface area contributed by atoms with Gasteiger partial charge in [0.2, 0.25) is 5.82 Å². The first-order valence-electron chi connectivity index (χ1n) is 7.40. The summed E-state index contributed by atoms with van der Waals surface area (Å²) < 4.78 is 15.3. The molecule has 1 aromatic heterocycles. The molecule has 126 valence electrons. The number of benzene rings is 1. The summed E-state index contributed by atoms with van der Waals surface area (Å²) in [6.07, 6.45) is 0.455. The van der Waals surface area contributed by atoms with E-state index in [0.717, 1.165) is 11.8 Å². The molecular formula is C15H16FN5O3. The highest BCUT2D eigenvalue weighted by Gasteiger charge is 2.35. The molecule has 8 nitrogen and oxygen atoms in total. The lowest BCUT2D eigenvalue weighted by Gasteiger charge is -2.17. The Hall–Kier alpha value is -2.97. The van der Waals surface area contributed by atoms with E-state index >= 15 is 0 Å². The first-order chi connectivity index (χ1) is 11.4. The third-order valence-corrected chi connectivity index (χ3v) is 3.96. The zero-order valence-electron chi connectivity index (χ0n) is 13.2. The maximum atomic E-state index is 13.7. The summed E-state index contributed by atoms with van der Waals surface area (Å²) in [5.41, 5.74) is 0.138. The van der Waals surface area contributed by atoms with Gasteiger partial charge in [0.05, 0.1) is 10.6 Å². The van der Waals surface area contributed by atoms with Crippen LogP contribution in [0.25, 0.3) is 0 Å². The van der Waals surface area contributed by atoms with E-state index < -0.39 is 22.5 Å². The van der Waals surface area contributed by atoms with Crippen LogP contribution < -0.4 is 10.2 Å². The van der Waals surface area contributed by atoms with Gasteiger partial charge in [-0.15, -0.1) is 0 Å². The number of hydrogen-bond donors (Lipinski definition) is 1. The zero-order valence-corrected chi connectivity index (χ0v) is 13.2. The maximum absolute atomic E-state index is 13.7. The number of nitro benzene ring substituents is 1. The fraction of sp³-hybridized carbons (Fsp3) is 0.333. The van der Waals surface area contributed by atoms with Crippen LogP contribution in [0, 0.1) is 22.9 Å². The summed E-state index contributed by atoms with van der Waals surface area (Å²) in [7, 11) is 1.74. The third kappa shape index (κ3) is 2.68. The molecule has 0 bridgehead atoms. The number of aromatic nitrogens is 2. The lowest BCUT2D eigenvalue weighted by molar-refractivity contribution is -0.386. The normalized spacial score (nSPS) is 17.4. The highest BCUT2D eigenvalue weighted by Crippen LogP contribution is 2.30. The molecule has 0 saturated carbocycles. The van der Waals surface area contributed by atoms with Crippen LogP contribution in [0.2, 0.25) is 0 Å². The first kappa shape index (κ1) is 15.9. The second kappa shape index (κ2) is 5.91. The van der Waals surface area contributed by atoms with Crippen molar-refractivity contribution in [2.75, 3.05) is 16.8 Å². The van der Waals surface area contributed by atoms with E-state index in [1.807, 2.05) is 6.92 Å². The average molecular weight is 333 g/mol. The van der Waals surface area contributed by atoms with Crippen LogP contribution in [0.15, 0.2) is 24.3 Å². The summed E-state index contributed by atoms with van der Waals surface area (Å²) in [5.74, 6) is -0.498. The molecule has 0 spiro atoms. The number of nitrogens with zero attached hydrogens (tertiary/aromatic N) is 4. The third-order valence-electron chi connectivity index (χ3n) is 3.96. The minimum absolute atomic E-state index is 0.00128. The predicted octanol–water partition coefficient (Wildman–Crippen LogP) is 1.99. The molecule has 2 aromatic rings. The quantitative estimate of drug-likeness (QED) is 0.682. The van der Waals surface area contributed by atoms with Crippen molar-refractivity contribution in [3.05, 3.63) is 45.9 Å². The lowest BCUT2D eigenvalue weighted by atomic mass is 10.2. The van der Waals surface area contributed by atoms with Gasteiger partial charge in [0.15, 0.2) is 0 Å². The van der Waals surface area contributed by atoms with E-state index in [9.17, 15) is 19.3 Å². The van der Waals surface area contributed by atoms with Crippen molar-refractivity contribution in [2.24, 2.45) is 7.05 Å². The lowest BCUT2D eigenvalue weighted by Crippen LogP contribution is -2.34. The van der Waals surface area contributed by atoms with E-state index in [1.165, 1.54) is 12.1 Å². The first-order valence-corrected chi connectivity index (χ1v) is 7.40. The molecule has 9 heteroatoms. The number of nitrogens with one attached hydrogen (secondary N) is 1. The van der Waals surface area contributed by atoms with E-state index in [-0.39, 0.29) is 11.6 Å². The summed E-state index contributed by atoms with van der Waals surface area (Å²) in [4.78, 5) is 24.4. The average Bonchev–Trinajstić information content (AvgIpc) is 3.01. The van der Waals surface area contributed by atoms with Crippen molar-refractivity contribution in [2.45, 2.75) is 19.4 Å². The van der Waals surface area contributed by atoms with Gasteiger partial charge < -0.3 is 5.32 Å². The second-order valence-corrected chi connectivity index (χ2v) is 5.64. The maximum Gasteiger partial charge on any atom is 0.327 e. The molecule has 24 heavy (non-hydrogen) atoms. The molecule has 1 saturated heterocycles. The van der Waals surface area contributed by atoms with Crippen molar-refractivity contribution in [3.63, 3.8) is 0 Å². The molecule has 1 aliphatic heterocycles. The number of hydrogen-bond acceptors (Lipinski definition) is 5. The van der Waals surface area contributed by atoms with E-state index in [4.69, 9.17) is 0 Å². The molecule has 0 radical (unpaired) electrons. The Bertz CT molecular complexity index is 819. The Labute approximate surface area is 137 Å². The number of para-hydroxylation sites is 1. The number of aryl methyl sites for hydroxylation is 2. The number of rotatable bonds is 4. The minimum Gasteiger partial charge on any atom is -0.368 e. The summed E-state index contributed by atoms with van der Waals surface area (Å²) >= 11 is 0. The second-order valence-electron chi connectivity index (χ2n) is 5.64. The smallest absolute Gasteiger partial charge is 0.327 e. The monoisotopic (exact) mass is 333 g/mol. The number of halogens is 1. The molecule has 1 amide bonds. The number of anilines is 2. The summed E-state index contributed by atoms with van der Waals surface area (Å²) in [6.45, 7) is 2.29. The van der Waals surface area contributed by atoms with Crippen LogP contribution in [-0.2, 0) is 11.8 Å². The Morgan fingerprint density at radius 2 is 2.21 bits per heavy atom. The molecule has 1 fully saturated rings. The fourth-order valence-electron chi connectivity index (χ4n) is 2.90. The Kier molecular flexibility index (Phi) is 3.92. The number of carbonyl (C=O) groups is 1. The van der Waals surface area contributed by atoms with Crippen LogP contribution in [0.4, 0.5) is 21.6 Å². The van der Waals surface area contributed by atoms with Gasteiger partial charge in [-0.2, -0.15) is 9.49 Å². The van der Waals surface area contributed by atoms with Gasteiger partial charge in [0, 0.05) is 19.7 Å². The van der Waals surface area contributed by atoms with Crippen molar-refractivity contribution < 1.29 is 14.1 Å². The predicted molar refractivity (Wildman–Crippen MR) is 85.4 cm³/mol. The number of carbonyl (C=O) groups excluding carboxylic acids is 1. The molecule has 1 atom stereocenters. The van der Waals surface area contributed by atoms with E-state index in [2.05, 4.69) is 10.4 Å². The van der Waals surface area contributed by atoms with Crippen LogP contribution in [-0.4, -0.2) is 33.2 Å². The largest absolute Gasteiger partial charge is 0.368 e. The van der Waals surface area contributed by atoms with Crippen molar-refractivity contribution >= 4 is 23.1 Å². The summed E-state index contributed by atoms with van der Waals surface area (Å²) in [5, 5.41) is 18.1. The van der Waals surface area contributed by atoms with E-state index in [1.54, 1.807) is 22.7 Å². The van der Waals surface area contributed by atoms with Gasteiger partial charge in [-0.1, -0.05) is 6.07 Å². The van der Waals surface area contributed by atoms with Gasteiger partial charge in [0.1, 0.15) is 17.5 Å². The fourth-order valence-corrected chi connectivity index (χ4v) is 2.90. The standard InChI is InChI=1S/C15H16FN5O3/c1-9-8-13(19(2)18-9)20-7-6-12(15(20)22)17-11-5-3-4-10(16)14(11)21(23)24/h3-5,8,12,17H,6-7H2,1-2H3. The molecule has 1 aromatic carbocycles.